The minimum Gasteiger partial charge on any atom is -0.493 e. The third kappa shape index (κ3) is 3.76. The Bertz CT molecular complexity index is 1140. The molecule has 2 aromatic heterocycles. The molecule has 0 aliphatic rings. The maximum absolute atomic E-state index is 5.48. The van der Waals surface area contributed by atoms with Gasteiger partial charge in [-0.05, 0) is 29.3 Å². The van der Waals surface area contributed by atoms with Crippen molar-refractivity contribution in [1.29, 1.82) is 0 Å². The summed E-state index contributed by atoms with van der Waals surface area (Å²) in [5.74, 6) is 2.74. The van der Waals surface area contributed by atoms with Crippen molar-refractivity contribution in [3.8, 4) is 27.7 Å². The highest BCUT2D eigenvalue weighted by Crippen LogP contribution is 2.40. The third-order valence-electron chi connectivity index (χ3n) is 4.86. The summed E-state index contributed by atoms with van der Waals surface area (Å²) in [5.41, 5.74) is 3.15. The second-order valence-corrected chi connectivity index (χ2v) is 7.83. The van der Waals surface area contributed by atoms with Crippen LogP contribution in [0.5, 0.6) is 17.2 Å². The predicted molar refractivity (Wildman–Crippen MR) is 121 cm³/mol. The summed E-state index contributed by atoms with van der Waals surface area (Å²) in [7, 11) is 6.86. The molecule has 0 spiro atoms. The van der Waals surface area contributed by atoms with Crippen molar-refractivity contribution in [3.05, 3.63) is 60.4 Å². The van der Waals surface area contributed by atoms with Crippen LogP contribution in [-0.2, 0) is 6.54 Å². The van der Waals surface area contributed by atoms with Crippen molar-refractivity contribution in [3.63, 3.8) is 0 Å². The van der Waals surface area contributed by atoms with E-state index >= 15 is 0 Å². The van der Waals surface area contributed by atoms with Gasteiger partial charge in [-0.15, -0.1) is 11.3 Å². The number of anilines is 1. The molecule has 6 nitrogen and oxygen atoms in total. The van der Waals surface area contributed by atoms with E-state index < -0.39 is 0 Å². The molecule has 0 saturated carbocycles. The van der Waals surface area contributed by atoms with Crippen LogP contribution in [0.4, 0.5) is 5.82 Å². The Labute approximate surface area is 179 Å². The first-order valence-corrected chi connectivity index (χ1v) is 10.3. The average molecular weight is 422 g/mol. The summed E-state index contributed by atoms with van der Waals surface area (Å²) in [6.07, 6.45) is 1.62. The number of rotatable bonds is 7. The molecule has 0 radical (unpaired) electrons. The van der Waals surface area contributed by atoms with Gasteiger partial charge in [-0.2, -0.15) is 0 Å². The number of methoxy groups -OCH3 is 3. The molecule has 30 heavy (non-hydrogen) atoms. The minimum absolute atomic E-state index is 0.585. The van der Waals surface area contributed by atoms with Gasteiger partial charge >= 0.3 is 0 Å². The van der Waals surface area contributed by atoms with E-state index in [0.717, 1.165) is 21.6 Å². The van der Waals surface area contributed by atoms with E-state index in [0.29, 0.717) is 23.8 Å². The molecule has 4 rings (SSSR count). The van der Waals surface area contributed by atoms with Crippen LogP contribution < -0.4 is 19.1 Å². The Kier molecular flexibility index (Phi) is 5.72. The molecule has 4 aromatic rings. The third-order valence-corrected chi connectivity index (χ3v) is 6.03. The highest BCUT2D eigenvalue weighted by Gasteiger charge is 2.17. The van der Waals surface area contributed by atoms with Crippen molar-refractivity contribution in [2.45, 2.75) is 6.54 Å². The van der Waals surface area contributed by atoms with Gasteiger partial charge in [0.15, 0.2) is 11.5 Å². The molecule has 0 bridgehead atoms. The number of benzene rings is 2. The SMILES string of the molecule is COc1cc(CN(C)c2ncnc3cc(-c4ccccc4)sc23)cc(OC)c1OC. The van der Waals surface area contributed by atoms with E-state index in [-0.39, 0.29) is 0 Å². The van der Waals surface area contributed by atoms with Crippen LogP contribution in [0.15, 0.2) is 54.9 Å². The maximum atomic E-state index is 5.48. The molecule has 154 valence electrons. The maximum Gasteiger partial charge on any atom is 0.203 e. The van der Waals surface area contributed by atoms with E-state index in [1.807, 2.05) is 37.4 Å². The van der Waals surface area contributed by atoms with Crippen LogP contribution in [0.3, 0.4) is 0 Å². The standard InChI is InChI=1S/C23H23N3O3S/c1-26(13-15-10-18(27-2)21(29-4)19(11-15)28-3)23-22-17(24-14-25-23)12-20(30-22)16-8-6-5-7-9-16/h5-12,14H,13H2,1-4H3. The Morgan fingerprint density at radius 3 is 2.23 bits per heavy atom. The first-order chi connectivity index (χ1) is 14.6. The van der Waals surface area contributed by atoms with Crippen molar-refractivity contribution in [2.75, 3.05) is 33.3 Å². The normalized spacial score (nSPS) is 10.8. The number of hydrogen-bond donors (Lipinski definition) is 0. The van der Waals surface area contributed by atoms with Gasteiger partial charge in [-0.25, -0.2) is 9.97 Å². The van der Waals surface area contributed by atoms with E-state index in [9.17, 15) is 0 Å². The zero-order valence-corrected chi connectivity index (χ0v) is 18.2. The second-order valence-electron chi connectivity index (χ2n) is 6.78. The smallest absolute Gasteiger partial charge is 0.203 e. The molecule has 7 heteroatoms. The molecular formula is C23H23N3O3S. The number of thiophene rings is 1. The largest absolute Gasteiger partial charge is 0.493 e. The quantitative estimate of drug-likeness (QED) is 0.418. The summed E-state index contributed by atoms with van der Waals surface area (Å²) in [6.45, 7) is 0.626. The summed E-state index contributed by atoms with van der Waals surface area (Å²) in [5, 5.41) is 0. The van der Waals surface area contributed by atoms with E-state index in [1.165, 1.54) is 10.4 Å². The van der Waals surface area contributed by atoms with Crippen LogP contribution in [0.2, 0.25) is 0 Å². The summed E-state index contributed by atoms with van der Waals surface area (Å²) in [6, 6.07) is 16.4. The van der Waals surface area contributed by atoms with Crippen molar-refractivity contribution < 1.29 is 14.2 Å². The van der Waals surface area contributed by atoms with Gasteiger partial charge < -0.3 is 19.1 Å². The lowest BCUT2D eigenvalue weighted by Crippen LogP contribution is -2.18. The van der Waals surface area contributed by atoms with Crippen LogP contribution in [0, 0.1) is 0 Å². The molecule has 2 aromatic carbocycles. The van der Waals surface area contributed by atoms with Gasteiger partial charge in [-0.3, -0.25) is 0 Å². The zero-order chi connectivity index (χ0) is 21.1. The first kappa shape index (κ1) is 20.0. The van der Waals surface area contributed by atoms with Crippen LogP contribution in [0.1, 0.15) is 5.56 Å². The lowest BCUT2D eigenvalue weighted by molar-refractivity contribution is 0.324. The summed E-state index contributed by atoms with van der Waals surface area (Å²) in [4.78, 5) is 12.3. The van der Waals surface area contributed by atoms with Crippen LogP contribution >= 0.6 is 11.3 Å². The van der Waals surface area contributed by atoms with Crippen molar-refractivity contribution in [2.24, 2.45) is 0 Å². The number of nitrogens with zero attached hydrogens (tertiary/aromatic N) is 3. The Morgan fingerprint density at radius 2 is 1.60 bits per heavy atom. The number of fused-ring (bicyclic) bond motifs is 1. The van der Waals surface area contributed by atoms with Gasteiger partial charge in [0.1, 0.15) is 12.1 Å². The van der Waals surface area contributed by atoms with Gasteiger partial charge in [0.25, 0.3) is 0 Å². The fraction of sp³-hybridized carbons (Fsp3) is 0.217. The zero-order valence-electron chi connectivity index (χ0n) is 17.4. The van der Waals surface area contributed by atoms with E-state index in [4.69, 9.17) is 14.2 Å². The first-order valence-electron chi connectivity index (χ1n) is 9.44. The predicted octanol–water partition coefficient (Wildman–Crippen LogP) is 5.02. The Hall–Kier alpha value is -3.32. The fourth-order valence-corrected chi connectivity index (χ4v) is 4.59. The molecule has 0 unspecified atom stereocenters. The van der Waals surface area contributed by atoms with Gasteiger partial charge in [0.05, 0.1) is 31.5 Å². The van der Waals surface area contributed by atoms with Gasteiger partial charge in [-0.1, -0.05) is 30.3 Å². The Balaban J connectivity index is 1.69. The second kappa shape index (κ2) is 8.59. The molecule has 0 aliphatic carbocycles. The topological polar surface area (TPSA) is 56.7 Å². The van der Waals surface area contributed by atoms with Crippen molar-refractivity contribution >= 4 is 27.4 Å². The highest BCUT2D eigenvalue weighted by atomic mass is 32.1. The minimum atomic E-state index is 0.585. The van der Waals surface area contributed by atoms with Crippen LogP contribution in [0.25, 0.3) is 20.7 Å². The molecule has 2 heterocycles. The monoisotopic (exact) mass is 421 g/mol. The molecule has 0 saturated heterocycles. The summed E-state index contributed by atoms with van der Waals surface area (Å²) >= 11 is 1.70. The lowest BCUT2D eigenvalue weighted by Gasteiger charge is -2.20. The van der Waals surface area contributed by atoms with Gasteiger partial charge in [0, 0.05) is 18.5 Å². The molecule has 0 atom stereocenters. The van der Waals surface area contributed by atoms with E-state index in [2.05, 4.69) is 33.1 Å². The highest BCUT2D eigenvalue weighted by molar-refractivity contribution is 7.22. The average Bonchev–Trinajstić information content (AvgIpc) is 3.23. The number of hydrogen-bond acceptors (Lipinski definition) is 7. The number of ether oxygens (including phenoxy) is 3. The Morgan fingerprint density at radius 1 is 0.900 bits per heavy atom. The molecule has 0 aliphatic heterocycles. The molecular weight excluding hydrogens is 398 g/mol. The molecule has 0 amide bonds. The fourth-order valence-electron chi connectivity index (χ4n) is 3.43. The van der Waals surface area contributed by atoms with E-state index in [1.54, 1.807) is 39.0 Å². The summed E-state index contributed by atoms with van der Waals surface area (Å²) < 4.78 is 17.4. The molecule has 0 N–H and O–H groups in total. The number of aromatic nitrogens is 2. The molecule has 0 fully saturated rings. The van der Waals surface area contributed by atoms with Crippen molar-refractivity contribution in [1.82, 2.24) is 9.97 Å². The lowest BCUT2D eigenvalue weighted by atomic mass is 10.1. The van der Waals surface area contributed by atoms with Gasteiger partial charge in [0.2, 0.25) is 5.75 Å². The van der Waals surface area contributed by atoms with Crippen LogP contribution in [-0.4, -0.2) is 38.3 Å².